The Kier molecular flexibility index (Phi) is 3.86. The van der Waals surface area contributed by atoms with Crippen LogP contribution in [0.25, 0.3) is 0 Å². The van der Waals surface area contributed by atoms with E-state index in [2.05, 4.69) is 25.2 Å². The molecule has 2 unspecified atom stereocenters. The maximum atomic E-state index is 5.07. The average molecular weight is 279 g/mol. The van der Waals surface area contributed by atoms with Crippen LogP contribution in [0, 0.1) is 0 Å². The Hall–Kier alpha value is -1.63. The van der Waals surface area contributed by atoms with Gasteiger partial charge >= 0.3 is 12.0 Å². The summed E-state index contributed by atoms with van der Waals surface area (Å²) >= 11 is 0. The molecule has 20 heavy (non-hydrogen) atoms. The van der Waals surface area contributed by atoms with Crippen molar-refractivity contribution in [2.75, 3.05) is 32.6 Å². The van der Waals surface area contributed by atoms with Crippen molar-refractivity contribution in [2.24, 2.45) is 0 Å². The fourth-order valence-electron chi connectivity index (χ4n) is 3.12. The van der Waals surface area contributed by atoms with Gasteiger partial charge in [0.25, 0.3) is 0 Å². The molecule has 0 aromatic carbocycles. The van der Waals surface area contributed by atoms with E-state index in [1.165, 1.54) is 33.6 Å². The highest BCUT2D eigenvalue weighted by Gasteiger charge is 2.31. The number of anilines is 1. The summed E-state index contributed by atoms with van der Waals surface area (Å²) in [5.41, 5.74) is 0. The van der Waals surface area contributed by atoms with Gasteiger partial charge in [-0.1, -0.05) is 0 Å². The molecule has 0 saturated carbocycles. The number of hydrogen-bond acceptors (Lipinski definition) is 7. The number of nitrogens with one attached hydrogen (secondary N) is 1. The monoisotopic (exact) mass is 279 g/mol. The molecule has 2 aliphatic rings. The van der Waals surface area contributed by atoms with Crippen molar-refractivity contribution >= 4 is 5.95 Å². The molecule has 2 atom stereocenters. The first-order valence-corrected chi connectivity index (χ1v) is 7.13. The maximum Gasteiger partial charge on any atom is 0.324 e. The summed E-state index contributed by atoms with van der Waals surface area (Å²) in [5.74, 6) is 0.533. The van der Waals surface area contributed by atoms with Gasteiger partial charge in [0.2, 0.25) is 5.95 Å². The van der Waals surface area contributed by atoms with Crippen LogP contribution in [0.2, 0.25) is 0 Å². The number of aromatic nitrogens is 3. The van der Waals surface area contributed by atoms with Gasteiger partial charge in [-0.25, -0.2) is 0 Å². The Labute approximate surface area is 118 Å². The van der Waals surface area contributed by atoms with Crippen molar-refractivity contribution in [1.29, 1.82) is 0 Å². The molecule has 110 valence electrons. The van der Waals surface area contributed by atoms with Crippen LogP contribution in [0.3, 0.4) is 0 Å². The number of piperidine rings is 1. The van der Waals surface area contributed by atoms with Gasteiger partial charge in [0, 0.05) is 18.6 Å². The van der Waals surface area contributed by atoms with E-state index in [0.29, 0.717) is 18.0 Å². The van der Waals surface area contributed by atoms with E-state index in [1.807, 2.05) is 0 Å². The number of ether oxygens (including phenoxy) is 2. The zero-order valence-corrected chi connectivity index (χ0v) is 12.0. The Balaban J connectivity index is 1.68. The molecule has 0 amide bonds. The standard InChI is InChI=1S/C13H21N5O2/c1-19-12-15-11(16-13(17-12)20-2)14-9-5-7-18-6-3-4-10(18)8-9/h9-10H,3-8H2,1-2H3,(H,14,15,16,17). The predicted octanol–water partition coefficient (Wildman–Crippen LogP) is 0.927. The first-order chi connectivity index (χ1) is 9.78. The second-order valence-corrected chi connectivity index (χ2v) is 5.33. The van der Waals surface area contributed by atoms with Crippen molar-refractivity contribution in [2.45, 2.75) is 37.8 Å². The van der Waals surface area contributed by atoms with Crippen molar-refractivity contribution in [1.82, 2.24) is 19.9 Å². The van der Waals surface area contributed by atoms with Crippen LogP contribution in [0.4, 0.5) is 5.95 Å². The lowest BCUT2D eigenvalue weighted by Crippen LogP contribution is -2.43. The van der Waals surface area contributed by atoms with Crippen LogP contribution in [-0.2, 0) is 0 Å². The number of hydrogen-bond donors (Lipinski definition) is 1. The molecule has 1 aromatic rings. The molecule has 1 N–H and O–H groups in total. The Bertz CT molecular complexity index is 448. The molecule has 2 aliphatic heterocycles. The lowest BCUT2D eigenvalue weighted by Gasteiger charge is -2.35. The average Bonchev–Trinajstić information content (AvgIpc) is 2.94. The molecule has 0 bridgehead atoms. The Morgan fingerprint density at radius 3 is 2.50 bits per heavy atom. The maximum absolute atomic E-state index is 5.07. The SMILES string of the molecule is COc1nc(NC2CCN3CCCC3C2)nc(OC)n1. The van der Waals surface area contributed by atoms with Gasteiger partial charge in [0.05, 0.1) is 14.2 Å². The third-order valence-corrected chi connectivity index (χ3v) is 4.11. The summed E-state index contributed by atoms with van der Waals surface area (Å²) in [6.07, 6.45) is 4.90. The summed E-state index contributed by atoms with van der Waals surface area (Å²) < 4.78 is 10.1. The minimum absolute atomic E-state index is 0.276. The first kappa shape index (κ1) is 13.4. The van der Waals surface area contributed by atoms with Gasteiger partial charge < -0.3 is 19.7 Å². The van der Waals surface area contributed by atoms with Crippen molar-refractivity contribution < 1.29 is 9.47 Å². The van der Waals surface area contributed by atoms with Gasteiger partial charge in [-0.15, -0.1) is 4.98 Å². The highest BCUT2D eigenvalue weighted by molar-refractivity contribution is 5.29. The molecule has 0 aliphatic carbocycles. The van der Waals surface area contributed by atoms with Gasteiger partial charge in [0.15, 0.2) is 0 Å². The van der Waals surface area contributed by atoms with E-state index < -0.39 is 0 Å². The van der Waals surface area contributed by atoms with E-state index in [-0.39, 0.29) is 12.0 Å². The third kappa shape index (κ3) is 2.77. The van der Waals surface area contributed by atoms with Gasteiger partial charge in [0.1, 0.15) is 0 Å². The zero-order chi connectivity index (χ0) is 13.9. The second-order valence-electron chi connectivity index (χ2n) is 5.33. The number of methoxy groups -OCH3 is 2. The van der Waals surface area contributed by atoms with Crippen molar-refractivity contribution in [3.8, 4) is 12.0 Å². The summed E-state index contributed by atoms with van der Waals surface area (Å²) in [5, 5.41) is 3.39. The lowest BCUT2D eigenvalue weighted by molar-refractivity contribution is 0.187. The summed E-state index contributed by atoms with van der Waals surface area (Å²) in [6, 6.07) is 1.67. The molecule has 0 spiro atoms. The lowest BCUT2D eigenvalue weighted by atomic mass is 9.98. The molecule has 2 saturated heterocycles. The van der Waals surface area contributed by atoms with Gasteiger partial charge in [-0.05, 0) is 32.2 Å². The molecular weight excluding hydrogens is 258 g/mol. The molecule has 7 nitrogen and oxygen atoms in total. The molecular formula is C13H21N5O2. The number of rotatable bonds is 4. The van der Waals surface area contributed by atoms with E-state index in [0.717, 1.165) is 19.4 Å². The van der Waals surface area contributed by atoms with Crippen molar-refractivity contribution in [3.63, 3.8) is 0 Å². The van der Waals surface area contributed by atoms with Gasteiger partial charge in [-0.3, -0.25) is 0 Å². The van der Waals surface area contributed by atoms with Crippen LogP contribution in [0.5, 0.6) is 12.0 Å². The van der Waals surface area contributed by atoms with Gasteiger partial charge in [-0.2, -0.15) is 9.97 Å². The highest BCUT2D eigenvalue weighted by atomic mass is 16.5. The minimum atomic E-state index is 0.276. The largest absolute Gasteiger partial charge is 0.467 e. The molecule has 3 rings (SSSR count). The fourth-order valence-corrected chi connectivity index (χ4v) is 3.12. The van der Waals surface area contributed by atoms with E-state index in [9.17, 15) is 0 Å². The molecule has 1 aromatic heterocycles. The summed E-state index contributed by atoms with van der Waals surface area (Å²) in [4.78, 5) is 15.1. The Morgan fingerprint density at radius 1 is 1.05 bits per heavy atom. The van der Waals surface area contributed by atoms with E-state index in [1.54, 1.807) is 0 Å². The first-order valence-electron chi connectivity index (χ1n) is 7.13. The van der Waals surface area contributed by atoms with Crippen LogP contribution >= 0.6 is 0 Å². The quantitative estimate of drug-likeness (QED) is 0.878. The molecule has 3 heterocycles. The van der Waals surface area contributed by atoms with Crippen molar-refractivity contribution in [3.05, 3.63) is 0 Å². The fraction of sp³-hybridized carbons (Fsp3) is 0.769. The van der Waals surface area contributed by atoms with E-state index in [4.69, 9.17) is 9.47 Å². The van der Waals surface area contributed by atoms with E-state index >= 15 is 0 Å². The number of nitrogens with zero attached hydrogens (tertiary/aromatic N) is 4. The smallest absolute Gasteiger partial charge is 0.324 e. The van der Waals surface area contributed by atoms with Crippen LogP contribution in [-0.4, -0.2) is 59.2 Å². The Morgan fingerprint density at radius 2 is 1.80 bits per heavy atom. The highest BCUT2D eigenvalue weighted by Crippen LogP contribution is 2.28. The third-order valence-electron chi connectivity index (χ3n) is 4.11. The molecule has 0 radical (unpaired) electrons. The normalized spacial score (nSPS) is 26.1. The molecule has 2 fully saturated rings. The van der Waals surface area contributed by atoms with Crippen LogP contribution < -0.4 is 14.8 Å². The van der Waals surface area contributed by atoms with Crippen LogP contribution in [0.1, 0.15) is 25.7 Å². The zero-order valence-electron chi connectivity index (χ0n) is 12.0. The van der Waals surface area contributed by atoms with Crippen LogP contribution in [0.15, 0.2) is 0 Å². The number of fused-ring (bicyclic) bond motifs is 1. The summed E-state index contributed by atoms with van der Waals surface area (Å²) in [6.45, 7) is 2.41. The topological polar surface area (TPSA) is 72.4 Å². The second kappa shape index (κ2) is 5.78. The minimum Gasteiger partial charge on any atom is -0.467 e. The predicted molar refractivity (Wildman–Crippen MR) is 74.2 cm³/mol. The summed E-state index contributed by atoms with van der Waals surface area (Å²) in [7, 11) is 3.07. The molecule has 7 heteroatoms.